The van der Waals surface area contributed by atoms with Gasteiger partial charge < -0.3 is 9.80 Å². The predicted octanol–water partition coefficient (Wildman–Crippen LogP) is 1.74. The molecule has 1 aliphatic heterocycles. The van der Waals surface area contributed by atoms with E-state index in [9.17, 15) is 4.79 Å². The molecule has 0 saturated carbocycles. The van der Waals surface area contributed by atoms with Crippen molar-refractivity contribution in [1.29, 1.82) is 0 Å². The maximum atomic E-state index is 12.5. The molecule has 0 N–H and O–H groups in total. The summed E-state index contributed by atoms with van der Waals surface area (Å²) in [5.74, 6) is 0.196. The normalized spacial score (nSPS) is 16.1. The van der Waals surface area contributed by atoms with E-state index in [0.29, 0.717) is 6.04 Å². The second kappa shape index (κ2) is 6.50. The first kappa shape index (κ1) is 15.7. The summed E-state index contributed by atoms with van der Waals surface area (Å²) in [5, 5.41) is 4.34. The van der Waals surface area contributed by atoms with E-state index in [4.69, 9.17) is 0 Å². The molecule has 0 bridgehead atoms. The van der Waals surface area contributed by atoms with Crippen LogP contribution in [0.4, 0.5) is 0 Å². The van der Waals surface area contributed by atoms with Gasteiger partial charge in [-0.1, -0.05) is 17.7 Å². The van der Waals surface area contributed by atoms with Crippen molar-refractivity contribution >= 4 is 5.91 Å². The third kappa shape index (κ3) is 3.42. The Morgan fingerprint density at radius 2 is 1.83 bits per heavy atom. The van der Waals surface area contributed by atoms with Gasteiger partial charge in [-0.25, -0.2) is 9.67 Å². The second-order valence-electron chi connectivity index (χ2n) is 6.34. The van der Waals surface area contributed by atoms with E-state index in [1.54, 1.807) is 11.0 Å². The van der Waals surface area contributed by atoms with Crippen molar-refractivity contribution in [2.75, 3.05) is 27.2 Å². The van der Waals surface area contributed by atoms with Crippen molar-refractivity contribution < 1.29 is 4.79 Å². The summed E-state index contributed by atoms with van der Waals surface area (Å²) in [5.41, 5.74) is 2.10. The Bertz CT molecular complexity index is 669. The van der Waals surface area contributed by atoms with Crippen LogP contribution in [0.15, 0.2) is 30.6 Å². The number of hydrogen-bond acceptors (Lipinski definition) is 4. The second-order valence-corrected chi connectivity index (χ2v) is 6.34. The minimum Gasteiger partial charge on any atom is -0.336 e. The molecule has 1 aliphatic rings. The fraction of sp³-hybridized carbons (Fsp3) is 0.471. The van der Waals surface area contributed by atoms with E-state index in [2.05, 4.69) is 29.1 Å². The van der Waals surface area contributed by atoms with Gasteiger partial charge in [0.15, 0.2) is 0 Å². The summed E-state index contributed by atoms with van der Waals surface area (Å²) in [6.45, 7) is 3.57. The minimum atomic E-state index is -0.0759. The van der Waals surface area contributed by atoms with Crippen molar-refractivity contribution in [2.45, 2.75) is 25.8 Å². The number of piperidine rings is 1. The van der Waals surface area contributed by atoms with Crippen LogP contribution in [0.2, 0.25) is 0 Å². The van der Waals surface area contributed by atoms with E-state index in [-0.39, 0.29) is 11.7 Å². The fourth-order valence-electron chi connectivity index (χ4n) is 2.91. The van der Waals surface area contributed by atoms with Crippen LogP contribution in [-0.2, 0) is 0 Å². The third-order valence-corrected chi connectivity index (χ3v) is 4.46. The summed E-state index contributed by atoms with van der Waals surface area (Å²) in [6, 6.07) is 8.54. The molecule has 0 spiro atoms. The first-order valence-electron chi connectivity index (χ1n) is 7.99. The quantitative estimate of drug-likeness (QED) is 0.866. The van der Waals surface area contributed by atoms with Crippen LogP contribution in [-0.4, -0.2) is 63.7 Å². The highest BCUT2D eigenvalue weighted by molar-refractivity contribution is 5.90. The Morgan fingerprint density at radius 1 is 1.17 bits per heavy atom. The van der Waals surface area contributed by atoms with Gasteiger partial charge in [0.1, 0.15) is 6.33 Å². The van der Waals surface area contributed by atoms with E-state index in [0.717, 1.165) is 31.6 Å². The van der Waals surface area contributed by atoms with E-state index < -0.39 is 0 Å². The smallest absolute Gasteiger partial charge is 0.293 e. The van der Waals surface area contributed by atoms with Gasteiger partial charge in [-0.3, -0.25) is 4.79 Å². The van der Waals surface area contributed by atoms with Crippen LogP contribution in [0, 0.1) is 6.92 Å². The molecule has 0 atom stereocenters. The van der Waals surface area contributed by atoms with Gasteiger partial charge in [0.2, 0.25) is 5.82 Å². The number of benzene rings is 1. The van der Waals surface area contributed by atoms with Crippen LogP contribution in [0.5, 0.6) is 0 Å². The summed E-state index contributed by atoms with van der Waals surface area (Å²) in [7, 11) is 4.18. The van der Waals surface area contributed by atoms with Crippen LogP contribution < -0.4 is 0 Å². The van der Waals surface area contributed by atoms with Gasteiger partial charge >= 0.3 is 0 Å². The fourth-order valence-corrected chi connectivity index (χ4v) is 2.91. The van der Waals surface area contributed by atoms with Crippen molar-refractivity contribution in [3.63, 3.8) is 0 Å². The van der Waals surface area contributed by atoms with Crippen LogP contribution in [0.3, 0.4) is 0 Å². The number of carbonyl (C=O) groups excluding carboxylic acids is 1. The highest BCUT2D eigenvalue weighted by atomic mass is 16.2. The molecule has 2 heterocycles. The number of carbonyl (C=O) groups is 1. The Balaban J connectivity index is 1.68. The molecule has 0 radical (unpaired) electrons. The number of likely N-dealkylation sites (tertiary alicyclic amines) is 1. The highest BCUT2D eigenvalue weighted by Gasteiger charge is 2.26. The molecular weight excluding hydrogens is 290 g/mol. The first-order valence-corrected chi connectivity index (χ1v) is 7.99. The molecule has 1 amide bonds. The molecule has 1 aromatic carbocycles. The number of amides is 1. The predicted molar refractivity (Wildman–Crippen MR) is 88.7 cm³/mol. The zero-order valence-corrected chi connectivity index (χ0v) is 13.9. The van der Waals surface area contributed by atoms with Crippen LogP contribution >= 0.6 is 0 Å². The summed E-state index contributed by atoms with van der Waals surface area (Å²) in [4.78, 5) is 20.8. The zero-order chi connectivity index (χ0) is 16.4. The molecule has 23 heavy (non-hydrogen) atoms. The zero-order valence-electron chi connectivity index (χ0n) is 13.9. The lowest BCUT2D eigenvalue weighted by Crippen LogP contribution is -2.44. The Morgan fingerprint density at radius 3 is 2.43 bits per heavy atom. The third-order valence-electron chi connectivity index (χ3n) is 4.46. The van der Waals surface area contributed by atoms with Gasteiger partial charge in [-0.2, -0.15) is 0 Å². The monoisotopic (exact) mass is 313 g/mol. The summed E-state index contributed by atoms with van der Waals surface area (Å²) < 4.78 is 1.65. The maximum absolute atomic E-state index is 12.5. The lowest BCUT2D eigenvalue weighted by Gasteiger charge is -2.34. The number of rotatable bonds is 3. The van der Waals surface area contributed by atoms with E-state index in [1.165, 1.54) is 5.56 Å². The summed E-state index contributed by atoms with van der Waals surface area (Å²) in [6.07, 6.45) is 3.60. The first-order chi connectivity index (χ1) is 11.0. The molecule has 1 aromatic heterocycles. The molecule has 2 aromatic rings. The number of aryl methyl sites for hydroxylation is 1. The van der Waals surface area contributed by atoms with Crippen molar-refractivity contribution in [2.24, 2.45) is 0 Å². The Kier molecular flexibility index (Phi) is 4.43. The van der Waals surface area contributed by atoms with Crippen molar-refractivity contribution in [3.8, 4) is 5.69 Å². The number of nitrogens with zero attached hydrogens (tertiary/aromatic N) is 5. The molecule has 1 fully saturated rings. The molecular formula is C17H23N5O. The van der Waals surface area contributed by atoms with Gasteiger partial charge in [0, 0.05) is 19.1 Å². The van der Waals surface area contributed by atoms with Crippen molar-refractivity contribution in [1.82, 2.24) is 24.6 Å². The summed E-state index contributed by atoms with van der Waals surface area (Å²) >= 11 is 0. The van der Waals surface area contributed by atoms with Crippen LogP contribution in [0.25, 0.3) is 5.69 Å². The number of aromatic nitrogens is 3. The standard InChI is InChI=1S/C17H23N5O/c1-13-4-6-15(7-5-13)22-12-18-16(19-22)17(23)21-10-8-14(9-11-21)20(2)3/h4-7,12,14H,8-11H2,1-3H3. The van der Waals surface area contributed by atoms with E-state index in [1.807, 2.05) is 36.1 Å². The average Bonchev–Trinajstić information content (AvgIpc) is 3.05. The molecule has 3 rings (SSSR count). The molecule has 1 saturated heterocycles. The molecule has 6 nitrogen and oxygen atoms in total. The largest absolute Gasteiger partial charge is 0.336 e. The van der Waals surface area contributed by atoms with E-state index >= 15 is 0 Å². The van der Waals surface area contributed by atoms with Gasteiger partial charge in [-0.15, -0.1) is 5.10 Å². The van der Waals surface area contributed by atoms with Crippen LogP contribution in [0.1, 0.15) is 29.0 Å². The lowest BCUT2D eigenvalue weighted by molar-refractivity contribution is 0.0651. The average molecular weight is 313 g/mol. The Hall–Kier alpha value is -2.21. The SMILES string of the molecule is Cc1ccc(-n2cnc(C(=O)N3CCC(N(C)C)CC3)n2)cc1. The molecule has 0 unspecified atom stereocenters. The van der Waals surface area contributed by atoms with Gasteiger partial charge in [0.25, 0.3) is 5.91 Å². The van der Waals surface area contributed by atoms with Gasteiger partial charge in [-0.05, 0) is 46.0 Å². The van der Waals surface area contributed by atoms with Crippen molar-refractivity contribution in [3.05, 3.63) is 42.0 Å². The molecule has 0 aliphatic carbocycles. The van der Waals surface area contributed by atoms with Gasteiger partial charge in [0.05, 0.1) is 5.69 Å². The minimum absolute atomic E-state index is 0.0759. The molecule has 6 heteroatoms. The number of hydrogen-bond donors (Lipinski definition) is 0. The topological polar surface area (TPSA) is 54.3 Å². The Labute approximate surface area is 136 Å². The maximum Gasteiger partial charge on any atom is 0.293 e. The lowest BCUT2D eigenvalue weighted by atomic mass is 10.0. The molecule has 122 valence electrons. The highest BCUT2D eigenvalue weighted by Crippen LogP contribution is 2.16.